The molecule has 31 heavy (non-hydrogen) atoms. The SMILES string of the molecule is C#Cc1ccc(C(C)(CC)CC/C(C)=C/C(CC)=C(\C=C\C(=C)N)C(C)C(C)C)cc1. The minimum Gasteiger partial charge on any atom is -0.399 e. The monoisotopic (exact) mass is 417 g/mol. The molecule has 0 saturated heterocycles. The van der Waals surface area contributed by atoms with Crippen LogP contribution in [0.3, 0.4) is 0 Å². The summed E-state index contributed by atoms with van der Waals surface area (Å²) in [4.78, 5) is 0. The molecule has 0 spiro atoms. The maximum absolute atomic E-state index is 5.81. The Bertz CT molecular complexity index is 855. The van der Waals surface area contributed by atoms with Crippen LogP contribution in [0.2, 0.25) is 0 Å². The van der Waals surface area contributed by atoms with Gasteiger partial charge in [0.2, 0.25) is 0 Å². The molecule has 0 saturated carbocycles. The predicted octanol–water partition coefficient (Wildman–Crippen LogP) is 8.09. The van der Waals surface area contributed by atoms with Crippen molar-refractivity contribution in [3.05, 3.63) is 82.6 Å². The van der Waals surface area contributed by atoms with E-state index in [4.69, 9.17) is 12.2 Å². The maximum atomic E-state index is 5.81. The van der Waals surface area contributed by atoms with Gasteiger partial charge in [0.05, 0.1) is 0 Å². The minimum absolute atomic E-state index is 0.142. The normalized spacial score (nSPS) is 16.0. The molecule has 0 heterocycles. The molecule has 0 fully saturated rings. The second kappa shape index (κ2) is 12.4. The van der Waals surface area contributed by atoms with E-state index in [2.05, 4.69) is 97.4 Å². The number of hydrogen-bond donors (Lipinski definition) is 1. The molecule has 1 nitrogen and oxygen atoms in total. The van der Waals surface area contributed by atoms with E-state index < -0.39 is 0 Å². The summed E-state index contributed by atoms with van der Waals surface area (Å²) in [5.74, 6) is 3.74. The van der Waals surface area contributed by atoms with Gasteiger partial charge in [-0.1, -0.05) is 83.9 Å². The molecule has 0 bridgehead atoms. The third-order valence-corrected chi connectivity index (χ3v) is 6.74. The Hall–Kier alpha value is -2.46. The van der Waals surface area contributed by atoms with E-state index in [-0.39, 0.29) is 5.41 Å². The maximum Gasteiger partial charge on any atom is 0.0242 e. The first kappa shape index (κ1) is 26.6. The van der Waals surface area contributed by atoms with Crippen LogP contribution in [-0.4, -0.2) is 0 Å². The first-order valence-electron chi connectivity index (χ1n) is 11.7. The molecule has 1 aromatic rings. The molecular weight excluding hydrogens is 374 g/mol. The summed E-state index contributed by atoms with van der Waals surface area (Å²) < 4.78 is 0. The largest absolute Gasteiger partial charge is 0.399 e. The number of benzene rings is 1. The number of hydrogen-bond acceptors (Lipinski definition) is 1. The van der Waals surface area contributed by atoms with Crippen LogP contribution in [0.1, 0.15) is 85.3 Å². The van der Waals surface area contributed by atoms with Gasteiger partial charge in [0, 0.05) is 11.3 Å². The van der Waals surface area contributed by atoms with Crippen molar-refractivity contribution in [2.45, 2.75) is 79.6 Å². The topological polar surface area (TPSA) is 26.0 Å². The molecule has 0 radical (unpaired) electrons. The number of nitrogens with two attached hydrogens (primary N) is 1. The Balaban J connectivity index is 3.17. The van der Waals surface area contributed by atoms with Gasteiger partial charge in [0.25, 0.3) is 0 Å². The predicted molar refractivity (Wildman–Crippen MR) is 139 cm³/mol. The molecule has 2 unspecified atom stereocenters. The summed E-state index contributed by atoms with van der Waals surface area (Å²) in [6.45, 7) is 19.8. The Morgan fingerprint density at radius 1 is 1.16 bits per heavy atom. The van der Waals surface area contributed by atoms with Gasteiger partial charge in [0.15, 0.2) is 0 Å². The lowest BCUT2D eigenvalue weighted by molar-refractivity contribution is 0.418. The van der Waals surface area contributed by atoms with Gasteiger partial charge in [-0.15, -0.1) is 6.42 Å². The molecule has 1 rings (SSSR count). The summed E-state index contributed by atoms with van der Waals surface area (Å²) in [6.07, 6.45) is 16.3. The van der Waals surface area contributed by atoms with Crippen molar-refractivity contribution in [3.63, 3.8) is 0 Å². The molecular formula is C30H43N. The third-order valence-electron chi connectivity index (χ3n) is 6.74. The smallest absolute Gasteiger partial charge is 0.0242 e. The standard InChI is InChI=1S/C30H43N/c1-10-26-14-16-28(17-15-26)30(9,12-3)20-19-23(6)21-27(11-2)29(18-13-24(7)31)25(8)22(4)5/h1,13-18,21-22,25H,7,11-12,19-20,31H2,2-6,8-9H3/b18-13+,23-21+,29-27+. The second-order valence-corrected chi connectivity index (χ2v) is 9.40. The molecule has 2 atom stereocenters. The van der Waals surface area contributed by atoms with Crippen molar-refractivity contribution in [2.75, 3.05) is 0 Å². The summed E-state index contributed by atoms with van der Waals surface area (Å²) in [6, 6.07) is 8.51. The van der Waals surface area contributed by atoms with Crippen LogP contribution in [0.15, 0.2) is 71.5 Å². The van der Waals surface area contributed by atoms with Gasteiger partial charge < -0.3 is 5.73 Å². The zero-order valence-electron chi connectivity index (χ0n) is 20.9. The quantitative estimate of drug-likeness (QED) is 0.286. The molecule has 0 amide bonds. The first-order valence-corrected chi connectivity index (χ1v) is 11.7. The zero-order valence-corrected chi connectivity index (χ0v) is 20.9. The van der Waals surface area contributed by atoms with E-state index in [1.165, 1.54) is 22.3 Å². The van der Waals surface area contributed by atoms with Crippen LogP contribution in [0.4, 0.5) is 0 Å². The fraction of sp³-hybridized carbons (Fsp3) is 0.467. The average Bonchev–Trinajstić information content (AvgIpc) is 2.76. The summed E-state index contributed by atoms with van der Waals surface area (Å²) in [5.41, 5.74) is 13.0. The van der Waals surface area contributed by atoms with Crippen molar-refractivity contribution in [2.24, 2.45) is 17.6 Å². The van der Waals surface area contributed by atoms with Crippen LogP contribution in [0.5, 0.6) is 0 Å². The van der Waals surface area contributed by atoms with Crippen molar-refractivity contribution in [3.8, 4) is 12.3 Å². The summed E-state index contributed by atoms with van der Waals surface area (Å²) in [7, 11) is 0. The molecule has 0 aliphatic rings. The Morgan fingerprint density at radius 2 is 1.77 bits per heavy atom. The highest BCUT2D eigenvalue weighted by molar-refractivity contribution is 5.39. The Labute approximate surface area is 192 Å². The minimum atomic E-state index is 0.142. The van der Waals surface area contributed by atoms with E-state index in [9.17, 15) is 0 Å². The summed E-state index contributed by atoms with van der Waals surface area (Å²) in [5, 5.41) is 0. The van der Waals surface area contributed by atoms with Crippen LogP contribution in [0.25, 0.3) is 0 Å². The molecule has 0 aliphatic heterocycles. The van der Waals surface area contributed by atoms with Gasteiger partial charge in [0.1, 0.15) is 0 Å². The number of terminal acetylenes is 1. The van der Waals surface area contributed by atoms with Crippen molar-refractivity contribution < 1.29 is 0 Å². The molecule has 0 aromatic heterocycles. The molecule has 0 aliphatic carbocycles. The first-order chi connectivity index (χ1) is 14.6. The molecule has 2 N–H and O–H groups in total. The van der Waals surface area contributed by atoms with Crippen molar-refractivity contribution >= 4 is 0 Å². The van der Waals surface area contributed by atoms with Crippen LogP contribution >= 0.6 is 0 Å². The van der Waals surface area contributed by atoms with Gasteiger partial charge in [-0.05, 0) is 84.8 Å². The Kier molecular flexibility index (Phi) is 10.6. The van der Waals surface area contributed by atoms with E-state index in [0.29, 0.717) is 17.5 Å². The third kappa shape index (κ3) is 7.95. The lowest BCUT2D eigenvalue weighted by Crippen LogP contribution is -2.21. The second-order valence-electron chi connectivity index (χ2n) is 9.40. The van der Waals surface area contributed by atoms with E-state index in [1.54, 1.807) is 0 Å². The van der Waals surface area contributed by atoms with E-state index in [1.807, 2.05) is 6.08 Å². The van der Waals surface area contributed by atoms with Gasteiger partial charge in [-0.3, -0.25) is 0 Å². The zero-order chi connectivity index (χ0) is 23.6. The fourth-order valence-corrected chi connectivity index (χ4v) is 3.83. The highest BCUT2D eigenvalue weighted by atomic mass is 14.5. The molecule has 1 heteroatoms. The van der Waals surface area contributed by atoms with Crippen LogP contribution < -0.4 is 5.73 Å². The van der Waals surface area contributed by atoms with Crippen LogP contribution in [0, 0.1) is 24.2 Å². The molecule has 1 aromatic carbocycles. The van der Waals surface area contributed by atoms with E-state index in [0.717, 1.165) is 31.2 Å². The Morgan fingerprint density at radius 3 is 2.23 bits per heavy atom. The van der Waals surface area contributed by atoms with Gasteiger partial charge >= 0.3 is 0 Å². The van der Waals surface area contributed by atoms with E-state index >= 15 is 0 Å². The lowest BCUT2D eigenvalue weighted by atomic mass is 9.75. The lowest BCUT2D eigenvalue weighted by Gasteiger charge is -2.29. The fourth-order valence-electron chi connectivity index (χ4n) is 3.83. The number of rotatable bonds is 11. The van der Waals surface area contributed by atoms with Gasteiger partial charge in [-0.25, -0.2) is 0 Å². The average molecular weight is 418 g/mol. The highest BCUT2D eigenvalue weighted by Crippen LogP contribution is 2.34. The van der Waals surface area contributed by atoms with Crippen molar-refractivity contribution in [1.29, 1.82) is 0 Å². The summed E-state index contributed by atoms with van der Waals surface area (Å²) >= 11 is 0. The van der Waals surface area contributed by atoms with Crippen molar-refractivity contribution in [1.82, 2.24) is 0 Å². The van der Waals surface area contributed by atoms with Gasteiger partial charge in [-0.2, -0.15) is 0 Å². The highest BCUT2D eigenvalue weighted by Gasteiger charge is 2.24. The van der Waals surface area contributed by atoms with Crippen LogP contribution in [-0.2, 0) is 5.41 Å². The number of allylic oxidation sites excluding steroid dienone is 6. The molecule has 168 valence electrons.